The number of allylic oxidation sites excluding steroid dienone is 2. The summed E-state index contributed by atoms with van der Waals surface area (Å²) in [5.41, 5.74) is 1.37. The number of fused-ring (bicyclic) bond motifs is 3. The van der Waals surface area contributed by atoms with Crippen LogP contribution in [0.2, 0.25) is 0 Å². The molecule has 0 amide bonds. The molecule has 0 bridgehead atoms. The molecule has 0 fully saturated rings. The Kier molecular flexibility index (Phi) is 1.31. The molecule has 2 aliphatic rings. The first-order chi connectivity index (χ1) is 6.86. The number of rotatable bonds is 0. The highest BCUT2D eigenvalue weighted by atomic mass is 16.1. The molecule has 14 heavy (non-hydrogen) atoms. The molecule has 0 spiro atoms. The van der Waals surface area contributed by atoms with E-state index in [0.717, 1.165) is 10.6 Å². The van der Waals surface area contributed by atoms with Gasteiger partial charge < -0.3 is 0 Å². The van der Waals surface area contributed by atoms with Crippen LogP contribution in [0.3, 0.4) is 0 Å². The van der Waals surface area contributed by atoms with E-state index >= 15 is 0 Å². The monoisotopic (exact) mass is 182 g/mol. The van der Waals surface area contributed by atoms with Crippen molar-refractivity contribution in [2.45, 2.75) is 0 Å². The number of hydrogen-bond acceptors (Lipinski definition) is 3. The molecule has 0 saturated carbocycles. The molecular formula is C11H6N2O. The van der Waals surface area contributed by atoms with Crippen LogP contribution >= 0.6 is 0 Å². The second-order valence-corrected chi connectivity index (χ2v) is 3.16. The lowest BCUT2D eigenvalue weighted by molar-refractivity contribution is 0.104. The van der Waals surface area contributed by atoms with E-state index in [4.69, 9.17) is 0 Å². The van der Waals surface area contributed by atoms with Crippen molar-refractivity contribution >= 4 is 23.9 Å². The average molecular weight is 182 g/mol. The molecule has 0 unspecified atom stereocenters. The normalized spacial score (nSPS) is 15.9. The van der Waals surface area contributed by atoms with Gasteiger partial charge in [0.1, 0.15) is 12.0 Å². The highest BCUT2D eigenvalue weighted by molar-refractivity contribution is 6.10. The van der Waals surface area contributed by atoms with Gasteiger partial charge in [-0.1, -0.05) is 18.2 Å². The van der Waals surface area contributed by atoms with Gasteiger partial charge in [0, 0.05) is 0 Å². The van der Waals surface area contributed by atoms with Crippen LogP contribution in [-0.4, -0.2) is 12.1 Å². The topological polar surface area (TPSA) is 41.8 Å². The maximum atomic E-state index is 11.6. The van der Waals surface area contributed by atoms with E-state index in [-0.39, 0.29) is 5.78 Å². The summed E-state index contributed by atoms with van der Waals surface area (Å²) >= 11 is 0. The fraction of sp³-hybridized carbons (Fsp3) is 0. The quantitative estimate of drug-likeness (QED) is 0.576. The Hall–Kier alpha value is -2.03. The largest absolute Gasteiger partial charge is 0.289 e. The lowest BCUT2D eigenvalue weighted by Crippen LogP contribution is -2.20. The van der Waals surface area contributed by atoms with Crippen LogP contribution in [0.5, 0.6) is 0 Å². The van der Waals surface area contributed by atoms with E-state index in [1.54, 1.807) is 12.2 Å². The molecule has 0 atom stereocenters. The Labute approximate surface area is 79.8 Å². The molecule has 0 N–H and O–H groups in total. The summed E-state index contributed by atoms with van der Waals surface area (Å²) in [5, 5.41) is 1.70. The summed E-state index contributed by atoms with van der Waals surface area (Å²) in [4.78, 5) is 19.8. The molecule has 1 aliphatic heterocycles. The number of nitrogens with zero attached hydrogens (tertiary/aromatic N) is 2. The van der Waals surface area contributed by atoms with Crippen LogP contribution < -0.4 is 10.6 Å². The van der Waals surface area contributed by atoms with E-state index < -0.39 is 0 Å². The molecule has 1 aliphatic carbocycles. The molecular weight excluding hydrogens is 176 g/mol. The van der Waals surface area contributed by atoms with Gasteiger partial charge in [-0.2, -0.15) is 0 Å². The molecule has 1 aromatic carbocycles. The smallest absolute Gasteiger partial charge is 0.188 e. The van der Waals surface area contributed by atoms with Gasteiger partial charge in [-0.3, -0.25) is 4.79 Å². The summed E-state index contributed by atoms with van der Waals surface area (Å²) in [6, 6.07) is 3.78. The third-order valence-electron chi connectivity index (χ3n) is 2.34. The van der Waals surface area contributed by atoms with E-state index in [1.807, 2.05) is 18.2 Å². The minimum Gasteiger partial charge on any atom is -0.289 e. The van der Waals surface area contributed by atoms with Gasteiger partial charge in [0.05, 0.1) is 10.9 Å². The third kappa shape index (κ3) is 0.836. The number of hydrogen-bond donors (Lipinski definition) is 0. The van der Waals surface area contributed by atoms with Gasteiger partial charge >= 0.3 is 0 Å². The fourth-order valence-corrected chi connectivity index (χ4v) is 1.70. The number of benzene rings is 1. The van der Waals surface area contributed by atoms with Crippen LogP contribution in [0, 0.1) is 0 Å². The maximum Gasteiger partial charge on any atom is 0.188 e. The van der Waals surface area contributed by atoms with Gasteiger partial charge in [-0.05, 0) is 17.4 Å². The molecule has 0 radical (unpaired) electrons. The summed E-state index contributed by atoms with van der Waals surface area (Å²) in [6.45, 7) is 0. The number of carbonyl (C=O) groups is 1. The SMILES string of the molecule is O=C1C=CC=c2ccc3c(c21)N=CN=3. The summed E-state index contributed by atoms with van der Waals surface area (Å²) in [6.07, 6.45) is 6.70. The van der Waals surface area contributed by atoms with Gasteiger partial charge in [-0.25, -0.2) is 9.98 Å². The predicted molar refractivity (Wildman–Crippen MR) is 53.3 cm³/mol. The second-order valence-electron chi connectivity index (χ2n) is 3.16. The van der Waals surface area contributed by atoms with E-state index in [9.17, 15) is 4.79 Å². The molecule has 0 saturated heterocycles. The van der Waals surface area contributed by atoms with Gasteiger partial charge in [0.2, 0.25) is 0 Å². The molecule has 3 heteroatoms. The highest BCUT2D eigenvalue weighted by Gasteiger charge is 2.15. The van der Waals surface area contributed by atoms with Crippen molar-refractivity contribution in [3.63, 3.8) is 0 Å². The van der Waals surface area contributed by atoms with Crippen molar-refractivity contribution in [2.75, 3.05) is 0 Å². The minimum absolute atomic E-state index is 0.00796. The second kappa shape index (κ2) is 2.48. The first-order valence-corrected chi connectivity index (χ1v) is 4.32. The maximum absolute atomic E-state index is 11.6. The Morgan fingerprint density at radius 3 is 3.07 bits per heavy atom. The van der Waals surface area contributed by atoms with Crippen molar-refractivity contribution in [3.8, 4) is 0 Å². The Bertz CT molecular complexity index is 609. The van der Waals surface area contributed by atoms with Gasteiger partial charge in [-0.15, -0.1) is 0 Å². The van der Waals surface area contributed by atoms with Crippen LogP contribution in [0.25, 0.3) is 6.08 Å². The van der Waals surface area contributed by atoms with Crippen molar-refractivity contribution in [2.24, 2.45) is 9.98 Å². The fourth-order valence-electron chi connectivity index (χ4n) is 1.70. The summed E-state index contributed by atoms with van der Waals surface area (Å²) in [5.74, 6) is 0.00796. The first-order valence-electron chi connectivity index (χ1n) is 4.32. The zero-order valence-electron chi connectivity index (χ0n) is 7.27. The van der Waals surface area contributed by atoms with Crippen molar-refractivity contribution in [1.29, 1.82) is 0 Å². The van der Waals surface area contributed by atoms with Crippen molar-refractivity contribution in [3.05, 3.63) is 40.4 Å². The zero-order chi connectivity index (χ0) is 9.54. The molecule has 0 aromatic heterocycles. The van der Waals surface area contributed by atoms with Crippen LogP contribution in [0.15, 0.2) is 34.3 Å². The number of aliphatic imine (C=N–C) groups is 1. The van der Waals surface area contributed by atoms with Crippen LogP contribution in [0.1, 0.15) is 10.4 Å². The Balaban J connectivity index is 2.52. The number of carbonyl (C=O) groups excluding carboxylic acids is 1. The average Bonchev–Trinajstić information content (AvgIpc) is 2.65. The zero-order valence-corrected chi connectivity index (χ0v) is 7.27. The predicted octanol–water partition coefficient (Wildman–Crippen LogP) is 0.513. The van der Waals surface area contributed by atoms with Crippen LogP contribution in [-0.2, 0) is 0 Å². The number of ketones is 1. The van der Waals surface area contributed by atoms with E-state index in [0.29, 0.717) is 11.3 Å². The van der Waals surface area contributed by atoms with E-state index in [1.165, 1.54) is 6.34 Å². The molecule has 1 heterocycles. The molecule has 66 valence electrons. The molecule has 3 nitrogen and oxygen atoms in total. The van der Waals surface area contributed by atoms with Gasteiger partial charge in [0.15, 0.2) is 5.78 Å². The summed E-state index contributed by atoms with van der Waals surface area (Å²) in [7, 11) is 0. The molecule has 3 rings (SSSR count). The van der Waals surface area contributed by atoms with Gasteiger partial charge in [0.25, 0.3) is 0 Å². The lowest BCUT2D eigenvalue weighted by atomic mass is 10.0. The first kappa shape index (κ1) is 7.38. The Morgan fingerprint density at radius 2 is 2.14 bits per heavy atom. The van der Waals surface area contributed by atoms with Crippen molar-refractivity contribution < 1.29 is 4.79 Å². The Morgan fingerprint density at radius 1 is 1.21 bits per heavy atom. The minimum atomic E-state index is 0.00796. The lowest BCUT2D eigenvalue weighted by Gasteiger charge is -2.03. The van der Waals surface area contributed by atoms with Crippen molar-refractivity contribution in [1.82, 2.24) is 0 Å². The standard InChI is InChI=1S/C11H6N2O/c14-9-3-1-2-7-4-5-8-11(10(7)9)13-6-12-8/h1-6H. The highest BCUT2D eigenvalue weighted by Crippen LogP contribution is 2.15. The summed E-state index contributed by atoms with van der Waals surface area (Å²) < 4.78 is 0. The molecule has 1 aromatic rings. The van der Waals surface area contributed by atoms with E-state index in [2.05, 4.69) is 9.98 Å². The van der Waals surface area contributed by atoms with Crippen LogP contribution in [0.4, 0.5) is 5.69 Å². The third-order valence-corrected chi connectivity index (χ3v) is 2.34.